The first-order valence-corrected chi connectivity index (χ1v) is 43.8. The number of fused-ring (bicyclic) bond motifs is 13. The number of rotatable bonds is 13. The number of phenolic OH excluding ortho intramolecular Hbond substituents is 3. The number of esters is 1. The summed E-state index contributed by atoms with van der Waals surface area (Å²) in [5.41, 5.74) is 7.72. The summed E-state index contributed by atoms with van der Waals surface area (Å²) in [6.45, 7) is 3.38. The smallest absolute Gasteiger partial charge is 0.333 e. The molecule has 11 heterocycles. The van der Waals surface area contributed by atoms with Crippen molar-refractivity contribution in [1.82, 2.24) is 31.9 Å². The lowest BCUT2D eigenvalue weighted by Gasteiger charge is -2.45. The standard InChI is InChI=1S/C90H101ClN8O39/c1-29-62(105)67(110)70(113)86(127-29)133-47-25-39-24-43(54(47)91)58-82(121)95-57-35-20-48(129-37-14-9-32(10-15-37)64(107)60(83(122)96-58)98-79(118)55(92)40-7-6-8-44(103)75(40)131-39)76(137-89-73(116)77(66(109)51(28-101)135-89)138-87-71(114)68(111)63(106)30(2)128-87)49(21-35)130-38-16-11-33(12-17-38)74(136-52-26-90(4,93)78(117)31(3)126-52)61-84(123)97-59(85(124)125-5)42-22-36(102)23-45(104)53(42)41-19-34(56(80(119)99-61)94-81(57)120)13-18-46(41)132-88-72(115)69(112)65(108)50(27-100)134-88/h6-25,29-31,50-52,55-74,77-78,86-89,100-117H,26-28,92-93H2,1-5H3,(H,94,120)(H,95,121)(H,96,122)(H,97,123)(H,98,118)(H,99,119). The molecule has 18 rings (SSSR count). The number of ether oxygens (including phenoxy) is 14. The van der Waals surface area contributed by atoms with Gasteiger partial charge in [0.05, 0.1) is 49.8 Å². The van der Waals surface area contributed by atoms with E-state index in [0.29, 0.717) is 0 Å². The Kier molecular flexibility index (Phi) is 28.8. The van der Waals surface area contributed by atoms with Gasteiger partial charge in [-0.3, -0.25) is 28.8 Å². The first kappa shape index (κ1) is 99.4. The lowest BCUT2D eigenvalue weighted by Crippen LogP contribution is -2.64. The second-order valence-corrected chi connectivity index (χ2v) is 35.3. The van der Waals surface area contributed by atoms with Gasteiger partial charge in [-0.1, -0.05) is 54.1 Å². The van der Waals surface area contributed by atoms with Gasteiger partial charge in [0.25, 0.3) is 0 Å². The second-order valence-electron chi connectivity index (χ2n) is 34.9. The molecule has 0 spiro atoms. The minimum atomic E-state index is -2.61. The fourth-order valence-corrected chi connectivity index (χ4v) is 17.9. The van der Waals surface area contributed by atoms with Crippen LogP contribution >= 0.6 is 11.6 Å². The van der Waals surface area contributed by atoms with Gasteiger partial charge in [0, 0.05) is 51.9 Å². The van der Waals surface area contributed by atoms with Gasteiger partial charge >= 0.3 is 5.97 Å². The van der Waals surface area contributed by atoms with E-state index in [4.69, 9.17) is 89.4 Å². The van der Waals surface area contributed by atoms with Crippen molar-refractivity contribution in [3.05, 3.63) is 165 Å². The highest BCUT2D eigenvalue weighted by Gasteiger charge is 2.55. The maximum absolute atomic E-state index is 17.3. The summed E-state index contributed by atoms with van der Waals surface area (Å²) in [4.78, 5) is 113. The molecule has 7 aromatic carbocycles. The van der Waals surface area contributed by atoms with Crippen LogP contribution in [0, 0.1) is 0 Å². The molecule has 6 amide bonds. The van der Waals surface area contributed by atoms with Crippen LogP contribution in [0.4, 0.5) is 0 Å². The van der Waals surface area contributed by atoms with Crippen molar-refractivity contribution in [2.75, 3.05) is 20.3 Å². The Hall–Kier alpha value is -11.6. The van der Waals surface area contributed by atoms with E-state index in [1.54, 1.807) is 0 Å². The number of hydrogen-bond acceptors (Lipinski definition) is 41. The van der Waals surface area contributed by atoms with Crippen LogP contribution in [0.15, 0.2) is 121 Å². The van der Waals surface area contributed by atoms with E-state index in [1.165, 1.54) is 88.4 Å². The maximum atomic E-state index is 17.3. The van der Waals surface area contributed by atoms with Gasteiger partial charge in [-0.05, 0) is 117 Å². The highest BCUT2D eigenvalue weighted by atomic mass is 35.5. The fraction of sp³-hybridized carbons (Fsp3) is 0.456. The van der Waals surface area contributed by atoms with E-state index in [9.17, 15) is 102 Å². The quantitative estimate of drug-likeness (QED) is 0.0497. The lowest BCUT2D eigenvalue weighted by molar-refractivity contribution is -0.349. The number of nitrogens with one attached hydrogen (secondary N) is 6. The Morgan fingerprint density at radius 1 is 0.471 bits per heavy atom. The number of hydrogen-bond donors (Lipinski definition) is 26. The van der Waals surface area contributed by atoms with E-state index in [-0.39, 0.29) is 28.2 Å². The molecule has 0 aliphatic carbocycles. The largest absolute Gasteiger partial charge is 0.508 e. The molecule has 5 saturated heterocycles. The zero-order valence-electron chi connectivity index (χ0n) is 73.3. The van der Waals surface area contributed by atoms with E-state index >= 15 is 24.0 Å². The third-order valence-corrected chi connectivity index (χ3v) is 25.8. The predicted octanol–water partition coefficient (Wildman–Crippen LogP) is -3.55. The summed E-state index contributed by atoms with van der Waals surface area (Å²) in [7, 11) is 0.889. The molecule has 48 heteroatoms. The molecule has 11 aliphatic heterocycles. The number of nitrogens with two attached hydrogens (primary N) is 2. The summed E-state index contributed by atoms with van der Waals surface area (Å²) in [6.07, 6.45) is -47.7. The van der Waals surface area contributed by atoms with Crippen LogP contribution < -0.4 is 71.8 Å². The third-order valence-electron chi connectivity index (χ3n) is 25.4. The molecule has 33 atom stereocenters. The Labute approximate surface area is 786 Å². The fourth-order valence-electron chi connectivity index (χ4n) is 17.7. The van der Waals surface area contributed by atoms with Gasteiger partial charge < -0.3 is 202 Å². The monoisotopic (exact) mass is 1950 g/mol. The Bertz CT molecular complexity index is 5750. The molecule has 0 saturated carbocycles. The molecule has 5 fully saturated rings. The molecule has 7 aromatic rings. The lowest BCUT2D eigenvalue weighted by atomic mass is 9.86. The van der Waals surface area contributed by atoms with Crippen LogP contribution in [0.1, 0.15) is 115 Å². The van der Waals surface area contributed by atoms with Gasteiger partial charge in [0.2, 0.25) is 60.1 Å². The molecule has 15 bridgehead atoms. The zero-order valence-corrected chi connectivity index (χ0v) is 74.1. The van der Waals surface area contributed by atoms with Crippen molar-refractivity contribution in [3.63, 3.8) is 0 Å². The summed E-state index contributed by atoms with van der Waals surface area (Å²) in [5, 5.41) is 221. The SMILES string of the molecule is COC(=O)C1NC(=O)C2NC(=O)C(NC(=O)C3NC(=O)C4NC(=O)C(NC(=O)C(N)c5cccc(O)c5Oc5cc(OC6OC(C)C(O)C(O)C6O)c(Cl)c4c5)C(O)c4ccc(cc4)Oc4cc3cc(c4OC3OC(CO)C(O)C(OC4OC(C)C(O)C(O)C4O)C3O)Oc3ccc(cc3)C2OC2CC(C)(N)C(O)C(C)O2)c2ccc(OC3OC(CO)C(O)C(O)C3O)c(c2)-c2c(O)cc(O)cc21. The zero-order chi connectivity index (χ0) is 99.1. The number of aliphatic hydroxyl groups excluding tert-OH is 15. The van der Waals surface area contributed by atoms with Gasteiger partial charge in [-0.15, -0.1) is 0 Å². The Morgan fingerprint density at radius 2 is 1.01 bits per heavy atom. The molecule has 47 nitrogen and oxygen atoms in total. The van der Waals surface area contributed by atoms with Crippen LogP contribution in [0.3, 0.4) is 0 Å². The van der Waals surface area contributed by atoms with Crippen LogP contribution in [-0.4, -0.2) is 313 Å². The molecule has 0 radical (unpaired) electrons. The van der Waals surface area contributed by atoms with E-state index < -0.39 is 358 Å². The number of aromatic hydroxyl groups is 3. The highest BCUT2D eigenvalue weighted by Crippen LogP contribution is 2.52. The topological polar surface area (TPSA) is 737 Å². The molecular formula is C90H101ClN8O39. The van der Waals surface area contributed by atoms with Crippen molar-refractivity contribution in [2.45, 2.75) is 235 Å². The number of phenols is 3. The number of benzene rings is 7. The number of carbonyl (C=O) groups excluding carboxylic acids is 7. The number of aliphatic hydroxyl groups is 15. The second kappa shape index (κ2) is 39.9. The summed E-state index contributed by atoms with van der Waals surface area (Å²) in [5.74, 6) is -18.0. The molecular weight excluding hydrogens is 1850 g/mol. The highest BCUT2D eigenvalue weighted by molar-refractivity contribution is 6.33. The number of carbonyl (C=O) groups is 7. The minimum Gasteiger partial charge on any atom is -0.508 e. The maximum Gasteiger partial charge on any atom is 0.333 e. The number of halogens is 1. The third kappa shape index (κ3) is 19.4. The van der Waals surface area contributed by atoms with Crippen molar-refractivity contribution >= 4 is 53.0 Å². The average Bonchev–Trinajstić information content (AvgIpc) is 0.770. The van der Waals surface area contributed by atoms with E-state index in [1.807, 2.05) is 0 Å². The molecule has 11 aliphatic rings. The van der Waals surface area contributed by atoms with Crippen molar-refractivity contribution in [2.24, 2.45) is 11.5 Å². The number of para-hydroxylation sites is 1. The van der Waals surface area contributed by atoms with Gasteiger partial charge in [0.15, 0.2) is 41.6 Å². The predicted molar refractivity (Wildman–Crippen MR) is 460 cm³/mol. The van der Waals surface area contributed by atoms with Crippen LogP contribution in [0.25, 0.3) is 11.1 Å². The summed E-state index contributed by atoms with van der Waals surface area (Å²) in [6, 6.07) is 5.42. The van der Waals surface area contributed by atoms with Crippen LogP contribution in [-0.2, 0) is 71.5 Å². The van der Waals surface area contributed by atoms with Gasteiger partial charge in [-0.25, -0.2) is 4.79 Å². The van der Waals surface area contributed by atoms with Gasteiger partial charge in [-0.2, -0.15) is 0 Å². The summed E-state index contributed by atoms with van der Waals surface area (Å²) >= 11 is 7.48. The number of amides is 6. The normalized spacial score (nSPS) is 35.5. The first-order valence-electron chi connectivity index (χ1n) is 43.4. The Morgan fingerprint density at radius 3 is 1.63 bits per heavy atom. The molecule has 0 aromatic heterocycles. The molecule has 33 unspecified atom stereocenters. The van der Waals surface area contributed by atoms with Crippen molar-refractivity contribution in [3.8, 4) is 80.1 Å². The van der Waals surface area contributed by atoms with Crippen molar-refractivity contribution in [1.29, 1.82) is 0 Å². The van der Waals surface area contributed by atoms with E-state index in [0.717, 1.165) is 67.8 Å². The van der Waals surface area contributed by atoms with Crippen molar-refractivity contribution < 1.29 is 192 Å². The molecule has 742 valence electrons. The minimum absolute atomic E-state index is 0.120. The number of methoxy groups -OCH3 is 1. The molecule has 28 N–H and O–H groups in total. The average molecular weight is 1950 g/mol. The van der Waals surface area contributed by atoms with Crippen LogP contribution in [0.2, 0.25) is 5.02 Å². The Balaban J connectivity index is 0.958. The first-order chi connectivity index (χ1) is 65.5. The van der Waals surface area contributed by atoms with E-state index in [2.05, 4.69) is 31.9 Å². The van der Waals surface area contributed by atoms with Gasteiger partial charge in [0.1, 0.15) is 174 Å². The summed E-state index contributed by atoms with van der Waals surface area (Å²) < 4.78 is 87.0. The molecule has 138 heavy (non-hydrogen) atoms. The van der Waals surface area contributed by atoms with Crippen LogP contribution in [0.5, 0.6) is 69.0 Å².